The van der Waals surface area contributed by atoms with Crippen LogP contribution in [-0.2, 0) is 0 Å². The Kier molecular flexibility index (Phi) is 13.6. The zero-order valence-electron chi connectivity index (χ0n) is 18.8. The molecule has 29 heavy (non-hydrogen) atoms. The number of nitrogens with two attached hydrogens (primary N) is 4. The zero-order chi connectivity index (χ0) is 22.5. The maximum atomic E-state index is 12.1. The summed E-state index contributed by atoms with van der Waals surface area (Å²) >= 11 is 0. The SMILES string of the molecule is CC(NCCN)(NCCN)NC(CCCC(N)CCCN)N(C(=O)O)C(C)(C)C. The van der Waals surface area contributed by atoms with Crippen molar-refractivity contribution in [1.82, 2.24) is 20.9 Å². The first-order valence-electron chi connectivity index (χ1n) is 10.7. The average molecular weight is 419 g/mol. The first-order chi connectivity index (χ1) is 13.5. The molecule has 12 N–H and O–H groups in total. The van der Waals surface area contributed by atoms with Crippen LogP contribution in [-0.4, -0.2) is 72.4 Å². The molecule has 0 fully saturated rings. The summed E-state index contributed by atoms with van der Waals surface area (Å²) in [7, 11) is 0. The molecule has 0 saturated carbocycles. The molecule has 2 atom stereocenters. The Bertz CT molecular complexity index is 436. The standard InChI is InChI=1S/C19H46N8O2/c1-18(2,3)27(17(28)29)16(9-5-7-15(23)8-6-10-20)26-19(4,24-13-11-21)25-14-12-22/h15-16,24-26H,5-14,20-23H2,1-4H3,(H,28,29). The lowest BCUT2D eigenvalue weighted by atomic mass is 10.0. The van der Waals surface area contributed by atoms with Gasteiger partial charge < -0.3 is 28.0 Å². The van der Waals surface area contributed by atoms with Crippen LogP contribution in [0, 0.1) is 0 Å². The second-order valence-electron chi connectivity index (χ2n) is 8.66. The van der Waals surface area contributed by atoms with Crippen LogP contribution in [0.2, 0.25) is 0 Å². The Morgan fingerprint density at radius 2 is 1.45 bits per heavy atom. The summed E-state index contributed by atoms with van der Waals surface area (Å²) < 4.78 is 0. The molecule has 10 heteroatoms. The van der Waals surface area contributed by atoms with Gasteiger partial charge in [-0.2, -0.15) is 0 Å². The van der Waals surface area contributed by atoms with Gasteiger partial charge >= 0.3 is 6.09 Å². The van der Waals surface area contributed by atoms with Crippen LogP contribution in [0.1, 0.15) is 59.8 Å². The average Bonchev–Trinajstić information content (AvgIpc) is 2.61. The lowest BCUT2D eigenvalue weighted by Gasteiger charge is -2.45. The summed E-state index contributed by atoms with van der Waals surface area (Å²) in [4.78, 5) is 13.6. The number of amides is 1. The second kappa shape index (κ2) is 14.1. The Balaban J connectivity index is 5.39. The second-order valence-corrected chi connectivity index (χ2v) is 8.66. The van der Waals surface area contributed by atoms with E-state index in [4.69, 9.17) is 22.9 Å². The predicted molar refractivity (Wildman–Crippen MR) is 119 cm³/mol. The van der Waals surface area contributed by atoms with Crippen LogP contribution in [0.3, 0.4) is 0 Å². The Labute approximate surface area is 176 Å². The van der Waals surface area contributed by atoms with E-state index in [9.17, 15) is 9.90 Å². The Hall–Kier alpha value is -1.01. The van der Waals surface area contributed by atoms with Gasteiger partial charge in [0.2, 0.25) is 0 Å². The first-order valence-corrected chi connectivity index (χ1v) is 10.7. The van der Waals surface area contributed by atoms with E-state index in [0.717, 1.165) is 25.7 Å². The molecule has 0 aromatic rings. The molecule has 0 aliphatic rings. The van der Waals surface area contributed by atoms with Crippen molar-refractivity contribution in [2.45, 2.75) is 83.3 Å². The molecule has 174 valence electrons. The molecule has 1 amide bonds. The number of carbonyl (C=O) groups is 1. The summed E-state index contributed by atoms with van der Waals surface area (Å²) in [6.45, 7) is 10.3. The van der Waals surface area contributed by atoms with Crippen molar-refractivity contribution in [2.24, 2.45) is 22.9 Å². The summed E-state index contributed by atoms with van der Waals surface area (Å²) in [5, 5.41) is 20.0. The van der Waals surface area contributed by atoms with Crippen LogP contribution in [0.25, 0.3) is 0 Å². The van der Waals surface area contributed by atoms with Crippen LogP contribution in [0.5, 0.6) is 0 Å². The highest BCUT2D eigenvalue weighted by Crippen LogP contribution is 2.21. The van der Waals surface area contributed by atoms with Gasteiger partial charge in [0, 0.05) is 37.8 Å². The van der Waals surface area contributed by atoms with Crippen molar-refractivity contribution >= 4 is 6.09 Å². The van der Waals surface area contributed by atoms with Crippen molar-refractivity contribution in [2.75, 3.05) is 32.7 Å². The molecule has 0 spiro atoms. The summed E-state index contributed by atoms with van der Waals surface area (Å²) in [6, 6.07) is 0.0734. The van der Waals surface area contributed by atoms with Crippen molar-refractivity contribution in [3.63, 3.8) is 0 Å². The lowest BCUT2D eigenvalue weighted by Crippen LogP contribution is -2.71. The largest absolute Gasteiger partial charge is 0.465 e. The monoisotopic (exact) mass is 418 g/mol. The van der Waals surface area contributed by atoms with Gasteiger partial charge in [0.25, 0.3) is 0 Å². The van der Waals surface area contributed by atoms with Crippen molar-refractivity contribution < 1.29 is 9.90 Å². The van der Waals surface area contributed by atoms with Crippen LogP contribution in [0.4, 0.5) is 4.79 Å². The molecular formula is C19H46N8O2. The van der Waals surface area contributed by atoms with Crippen LogP contribution in [0.15, 0.2) is 0 Å². The van der Waals surface area contributed by atoms with Gasteiger partial charge in [-0.3, -0.25) is 20.9 Å². The topological polar surface area (TPSA) is 181 Å². The third kappa shape index (κ3) is 11.7. The number of nitrogens with one attached hydrogen (secondary N) is 3. The molecular weight excluding hydrogens is 372 g/mol. The van der Waals surface area contributed by atoms with Crippen LogP contribution < -0.4 is 38.9 Å². The number of rotatable bonds is 16. The number of hydrogen-bond donors (Lipinski definition) is 8. The molecule has 0 heterocycles. The fourth-order valence-corrected chi connectivity index (χ4v) is 3.39. The first kappa shape index (κ1) is 28.0. The Morgan fingerprint density at radius 3 is 1.86 bits per heavy atom. The summed E-state index contributed by atoms with van der Waals surface area (Å²) in [5.74, 6) is -0.718. The van der Waals surface area contributed by atoms with E-state index in [2.05, 4.69) is 16.0 Å². The van der Waals surface area contributed by atoms with E-state index < -0.39 is 23.6 Å². The minimum atomic E-state index is -0.970. The number of nitrogens with zero attached hydrogens (tertiary/aromatic N) is 1. The molecule has 2 unspecified atom stereocenters. The molecule has 0 saturated heterocycles. The molecule has 10 nitrogen and oxygen atoms in total. The van der Waals surface area contributed by atoms with Gasteiger partial charge in [-0.05, 0) is 66.3 Å². The predicted octanol–water partition coefficient (Wildman–Crippen LogP) is -0.313. The van der Waals surface area contributed by atoms with Gasteiger partial charge in [-0.1, -0.05) is 0 Å². The van der Waals surface area contributed by atoms with Gasteiger partial charge in [0.1, 0.15) is 5.79 Å². The zero-order valence-corrected chi connectivity index (χ0v) is 18.8. The lowest BCUT2D eigenvalue weighted by molar-refractivity contribution is 0.0297. The van der Waals surface area contributed by atoms with E-state index in [1.54, 1.807) is 0 Å². The number of carboxylic acid groups (broad SMARTS) is 1. The molecule has 0 aliphatic carbocycles. The molecule has 0 bridgehead atoms. The van der Waals surface area contributed by atoms with E-state index in [0.29, 0.717) is 39.1 Å². The van der Waals surface area contributed by atoms with E-state index in [1.807, 2.05) is 27.7 Å². The van der Waals surface area contributed by atoms with Crippen molar-refractivity contribution in [1.29, 1.82) is 0 Å². The molecule has 0 aliphatic heterocycles. The van der Waals surface area contributed by atoms with Crippen molar-refractivity contribution in [3.05, 3.63) is 0 Å². The fourth-order valence-electron chi connectivity index (χ4n) is 3.39. The van der Waals surface area contributed by atoms with Gasteiger partial charge in [-0.25, -0.2) is 4.79 Å². The smallest absolute Gasteiger partial charge is 0.408 e. The van der Waals surface area contributed by atoms with Gasteiger partial charge in [-0.15, -0.1) is 0 Å². The van der Waals surface area contributed by atoms with Crippen LogP contribution >= 0.6 is 0 Å². The quantitative estimate of drug-likeness (QED) is 0.156. The molecule has 0 radical (unpaired) electrons. The summed E-state index contributed by atoms with van der Waals surface area (Å²) in [5.41, 5.74) is 22.5. The third-order valence-corrected chi connectivity index (χ3v) is 4.77. The number of hydrogen-bond acceptors (Lipinski definition) is 8. The maximum Gasteiger partial charge on any atom is 0.408 e. The maximum absolute atomic E-state index is 12.1. The highest BCUT2D eigenvalue weighted by Gasteiger charge is 2.37. The Morgan fingerprint density at radius 1 is 0.931 bits per heavy atom. The van der Waals surface area contributed by atoms with E-state index in [-0.39, 0.29) is 6.04 Å². The highest BCUT2D eigenvalue weighted by molar-refractivity contribution is 5.66. The minimum absolute atomic E-state index is 0.0734. The van der Waals surface area contributed by atoms with E-state index in [1.165, 1.54) is 4.90 Å². The molecule has 0 aromatic heterocycles. The van der Waals surface area contributed by atoms with Crippen molar-refractivity contribution in [3.8, 4) is 0 Å². The van der Waals surface area contributed by atoms with Gasteiger partial charge in [0.15, 0.2) is 0 Å². The molecule has 0 aromatic carbocycles. The third-order valence-electron chi connectivity index (χ3n) is 4.77. The highest BCUT2D eigenvalue weighted by atomic mass is 16.4. The normalized spacial score (nSPS) is 14.6. The minimum Gasteiger partial charge on any atom is -0.465 e. The van der Waals surface area contributed by atoms with Gasteiger partial charge in [0.05, 0.1) is 6.17 Å². The summed E-state index contributed by atoms with van der Waals surface area (Å²) in [6.07, 6.45) is 2.63. The fraction of sp³-hybridized carbons (Fsp3) is 0.947. The molecule has 0 rings (SSSR count). The van der Waals surface area contributed by atoms with E-state index >= 15 is 0 Å².